The molecule has 90 valence electrons. The molecule has 7 heteroatoms. The average molecular weight is 260 g/mol. The fourth-order valence-corrected chi connectivity index (χ4v) is 1.18. The van der Waals surface area contributed by atoms with Crippen LogP contribution in [0.3, 0.4) is 0 Å². The van der Waals surface area contributed by atoms with Crippen molar-refractivity contribution in [2.45, 2.75) is 0 Å². The van der Waals surface area contributed by atoms with Crippen molar-refractivity contribution >= 4 is 35.0 Å². The van der Waals surface area contributed by atoms with Crippen LogP contribution in [0.5, 0.6) is 6.08 Å². The van der Waals surface area contributed by atoms with E-state index in [1.165, 1.54) is 36.7 Å². The Labute approximate surface area is 118 Å². The molecular formula is C11H9MgNO5. The van der Waals surface area contributed by atoms with Crippen LogP contribution in [-0.2, 0) is 0 Å². The van der Waals surface area contributed by atoms with Gasteiger partial charge in [0.2, 0.25) is 0 Å². The highest BCUT2D eigenvalue weighted by Crippen LogP contribution is 2.11. The van der Waals surface area contributed by atoms with Gasteiger partial charge in [-0.05, 0) is 18.2 Å². The first-order valence-corrected chi connectivity index (χ1v) is 4.62. The zero-order chi connectivity index (χ0) is 12.3. The summed E-state index contributed by atoms with van der Waals surface area (Å²) in [4.78, 5) is 25.9. The van der Waals surface area contributed by atoms with Crippen LogP contribution in [0.1, 0.15) is 20.7 Å². The van der Waals surface area contributed by atoms with Crippen LogP contribution in [0.25, 0.3) is 0 Å². The highest BCUT2D eigenvalue weighted by atomic mass is 24.3. The summed E-state index contributed by atoms with van der Waals surface area (Å²) in [7, 11) is 0. The third-order valence-electron chi connectivity index (χ3n) is 1.93. The van der Waals surface area contributed by atoms with Crippen molar-refractivity contribution in [1.29, 1.82) is 0 Å². The van der Waals surface area contributed by atoms with E-state index in [9.17, 15) is 9.59 Å². The van der Waals surface area contributed by atoms with Gasteiger partial charge in [-0.15, -0.1) is 0 Å². The molecule has 0 saturated carbocycles. The summed E-state index contributed by atoms with van der Waals surface area (Å²) < 4.78 is 9.50. The fraction of sp³-hybridized carbons (Fsp3) is 0. The minimum absolute atomic E-state index is 0. The van der Waals surface area contributed by atoms with E-state index in [0.29, 0.717) is 0 Å². The lowest BCUT2D eigenvalue weighted by molar-refractivity contribution is 0.0683. The predicted molar refractivity (Wildman–Crippen MR) is 63.4 cm³/mol. The molecule has 0 saturated heterocycles. The van der Waals surface area contributed by atoms with Gasteiger partial charge in [0.15, 0.2) is 0 Å². The molecule has 0 aliphatic carbocycles. The minimum Gasteiger partial charge on any atom is -0.478 e. The molecule has 0 aliphatic rings. The summed E-state index contributed by atoms with van der Waals surface area (Å²) in [6.45, 7) is 0. The third kappa shape index (κ3) is 3.31. The second kappa shape index (κ2) is 6.17. The first kappa shape index (κ1) is 14.2. The Bertz CT molecular complexity index is 552. The number of oxazole rings is 1. The molecule has 0 unspecified atom stereocenters. The molecule has 0 aliphatic heterocycles. The number of benzene rings is 1. The molecule has 1 aromatic carbocycles. The third-order valence-corrected chi connectivity index (χ3v) is 1.93. The predicted octanol–water partition coefficient (Wildman–Crippen LogP) is 0.676. The number of rotatable bonds is 3. The van der Waals surface area contributed by atoms with Gasteiger partial charge in [-0.1, -0.05) is 6.07 Å². The number of carbonyl (C=O) groups is 2. The highest BCUT2D eigenvalue weighted by Gasteiger charge is 2.13. The van der Waals surface area contributed by atoms with Gasteiger partial charge in [-0.2, -0.15) is 4.98 Å². The topological polar surface area (TPSA) is 89.6 Å². The van der Waals surface area contributed by atoms with Gasteiger partial charge >= 0.3 is 41.1 Å². The van der Waals surface area contributed by atoms with E-state index in [0.717, 1.165) is 0 Å². The smallest absolute Gasteiger partial charge is 0.401 e. The quantitative estimate of drug-likeness (QED) is 0.644. The number of nitrogens with zero attached hydrogens (tertiary/aromatic N) is 1. The number of carbonyl (C=O) groups excluding carboxylic acids is 1. The van der Waals surface area contributed by atoms with E-state index < -0.39 is 11.9 Å². The SMILES string of the molecule is O=C(O)c1cccc(C(=O)Oc2ncco2)c1.[MgH2]. The summed E-state index contributed by atoms with van der Waals surface area (Å²) in [5.41, 5.74) is 0.120. The average Bonchev–Trinajstić information content (AvgIpc) is 2.82. The number of carboxylic acid groups (broad SMARTS) is 1. The monoisotopic (exact) mass is 259 g/mol. The number of hydrogen-bond donors (Lipinski definition) is 1. The van der Waals surface area contributed by atoms with E-state index in [1.54, 1.807) is 0 Å². The Kier molecular flexibility index (Phi) is 4.87. The summed E-state index contributed by atoms with van der Waals surface area (Å²) >= 11 is 0. The molecule has 0 bridgehead atoms. The molecular weight excluding hydrogens is 250 g/mol. The second-order valence-electron chi connectivity index (χ2n) is 3.07. The lowest BCUT2D eigenvalue weighted by Gasteiger charge is -2.00. The maximum atomic E-state index is 11.6. The Morgan fingerprint density at radius 3 is 2.61 bits per heavy atom. The van der Waals surface area contributed by atoms with Crippen LogP contribution in [0.4, 0.5) is 0 Å². The van der Waals surface area contributed by atoms with Crippen LogP contribution >= 0.6 is 0 Å². The van der Waals surface area contributed by atoms with Crippen LogP contribution in [0.2, 0.25) is 0 Å². The molecule has 2 aromatic rings. The molecule has 2 rings (SSSR count). The molecule has 1 heterocycles. The van der Waals surface area contributed by atoms with E-state index in [4.69, 9.17) is 14.3 Å². The normalized spacial score (nSPS) is 9.33. The van der Waals surface area contributed by atoms with Crippen molar-refractivity contribution in [2.75, 3.05) is 0 Å². The van der Waals surface area contributed by atoms with Gasteiger partial charge in [0.05, 0.1) is 17.3 Å². The second-order valence-corrected chi connectivity index (χ2v) is 3.07. The summed E-state index contributed by atoms with van der Waals surface area (Å²) in [5.74, 6) is -1.84. The van der Waals surface area contributed by atoms with Crippen molar-refractivity contribution in [3.8, 4) is 6.08 Å². The van der Waals surface area contributed by atoms with E-state index in [2.05, 4.69) is 4.98 Å². The summed E-state index contributed by atoms with van der Waals surface area (Å²) in [5, 5.41) is 8.76. The maximum Gasteiger partial charge on any atom is 0.401 e. The standard InChI is InChI=1S/C11H7NO5.Mg.2H/c13-9(14)7-2-1-3-8(6-7)10(15)17-11-12-4-5-16-11;;;/h1-6H,(H,13,14);;;. The van der Waals surface area contributed by atoms with E-state index >= 15 is 0 Å². The van der Waals surface area contributed by atoms with Crippen molar-refractivity contribution < 1.29 is 23.8 Å². The fourth-order valence-electron chi connectivity index (χ4n) is 1.18. The van der Waals surface area contributed by atoms with Crippen LogP contribution < -0.4 is 4.74 Å². The van der Waals surface area contributed by atoms with Crippen molar-refractivity contribution in [2.24, 2.45) is 0 Å². The van der Waals surface area contributed by atoms with Crippen LogP contribution in [-0.4, -0.2) is 45.1 Å². The van der Waals surface area contributed by atoms with Gasteiger partial charge in [0.25, 0.3) is 0 Å². The maximum absolute atomic E-state index is 11.6. The van der Waals surface area contributed by atoms with Gasteiger partial charge in [-0.25, -0.2) is 9.59 Å². The number of carboxylic acids is 1. The van der Waals surface area contributed by atoms with Gasteiger partial charge in [-0.3, -0.25) is 0 Å². The van der Waals surface area contributed by atoms with E-state index in [-0.39, 0.29) is 40.3 Å². The van der Waals surface area contributed by atoms with Crippen molar-refractivity contribution in [3.63, 3.8) is 0 Å². The molecule has 1 N–H and O–H groups in total. The Hall–Kier alpha value is -1.86. The largest absolute Gasteiger partial charge is 0.478 e. The molecule has 0 atom stereocenters. The first-order valence-electron chi connectivity index (χ1n) is 4.62. The highest BCUT2D eigenvalue weighted by molar-refractivity contribution is 5.95. The molecule has 18 heavy (non-hydrogen) atoms. The Morgan fingerprint density at radius 1 is 1.28 bits per heavy atom. The zero-order valence-corrected chi connectivity index (χ0v) is 8.49. The van der Waals surface area contributed by atoms with E-state index in [1.807, 2.05) is 0 Å². The summed E-state index contributed by atoms with van der Waals surface area (Å²) in [6, 6.07) is 5.49. The Balaban J connectivity index is 0.00000162. The lowest BCUT2D eigenvalue weighted by atomic mass is 10.1. The molecule has 6 nitrogen and oxygen atoms in total. The van der Waals surface area contributed by atoms with Gasteiger partial charge < -0.3 is 14.3 Å². The molecule has 0 spiro atoms. The minimum atomic E-state index is -1.12. The summed E-state index contributed by atoms with van der Waals surface area (Å²) in [6.07, 6.45) is 2.41. The van der Waals surface area contributed by atoms with Gasteiger partial charge in [0.1, 0.15) is 6.26 Å². The number of ether oxygens (including phenoxy) is 1. The zero-order valence-electron chi connectivity index (χ0n) is 8.49. The van der Waals surface area contributed by atoms with Crippen LogP contribution in [0.15, 0.2) is 41.1 Å². The van der Waals surface area contributed by atoms with Gasteiger partial charge in [0, 0.05) is 0 Å². The van der Waals surface area contributed by atoms with Crippen LogP contribution in [0, 0.1) is 0 Å². The molecule has 1 aromatic heterocycles. The first-order chi connectivity index (χ1) is 8.16. The Morgan fingerprint density at radius 2 is 2.00 bits per heavy atom. The lowest BCUT2D eigenvalue weighted by Crippen LogP contribution is -2.09. The van der Waals surface area contributed by atoms with Crippen molar-refractivity contribution in [1.82, 2.24) is 4.98 Å². The number of aromatic carboxylic acids is 1. The number of hydrogen-bond acceptors (Lipinski definition) is 5. The molecule has 0 amide bonds. The molecule has 0 radical (unpaired) electrons. The number of esters is 1. The van der Waals surface area contributed by atoms with Crippen molar-refractivity contribution in [3.05, 3.63) is 47.9 Å². The molecule has 0 fully saturated rings. The number of aromatic nitrogens is 1.